The Labute approximate surface area is 90.8 Å². The van der Waals surface area contributed by atoms with Crippen LogP contribution in [0.1, 0.15) is 13.8 Å². The van der Waals surface area contributed by atoms with Crippen LogP contribution >= 0.6 is 11.8 Å². The van der Waals surface area contributed by atoms with E-state index in [0.717, 1.165) is 19.6 Å². The second-order valence-corrected chi connectivity index (χ2v) is 5.97. The molecule has 0 aromatic carbocycles. The molecule has 0 aromatic rings. The van der Waals surface area contributed by atoms with E-state index >= 15 is 0 Å². The maximum atomic E-state index is 9.60. The zero-order valence-corrected chi connectivity index (χ0v) is 10.1. The number of β-amino-alcohol motifs (C(OH)–C–C–N with tert-alkyl or cyclic N) is 1. The molecular weight excluding hydrogens is 198 g/mol. The van der Waals surface area contributed by atoms with Crippen molar-refractivity contribution in [3.63, 3.8) is 0 Å². The van der Waals surface area contributed by atoms with Crippen LogP contribution in [0.2, 0.25) is 0 Å². The smallest absolute Gasteiger partial charge is 0.0900 e. The van der Waals surface area contributed by atoms with Gasteiger partial charge >= 0.3 is 0 Å². The number of methoxy groups -OCH3 is 1. The molecule has 0 spiro atoms. The zero-order chi connectivity index (χ0) is 10.6. The molecule has 0 aromatic heterocycles. The van der Waals surface area contributed by atoms with Gasteiger partial charge in [0.05, 0.1) is 12.7 Å². The Morgan fingerprint density at radius 1 is 1.43 bits per heavy atom. The van der Waals surface area contributed by atoms with Crippen molar-refractivity contribution in [2.24, 2.45) is 0 Å². The minimum Gasteiger partial charge on any atom is -0.389 e. The highest BCUT2D eigenvalue weighted by Gasteiger charge is 2.23. The van der Waals surface area contributed by atoms with Crippen LogP contribution in [0.15, 0.2) is 0 Å². The van der Waals surface area contributed by atoms with Crippen LogP contribution in [0.25, 0.3) is 0 Å². The third-order valence-electron chi connectivity index (χ3n) is 2.32. The molecule has 1 aliphatic heterocycles. The lowest BCUT2D eigenvalue weighted by Crippen LogP contribution is -2.44. The van der Waals surface area contributed by atoms with E-state index in [1.807, 2.05) is 11.8 Å². The first-order valence-corrected chi connectivity index (χ1v) is 6.11. The first kappa shape index (κ1) is 12.3. The van der Waals surface area contributed by atoms with Crippen LogP contribution in [-0.4, -0.2) is 60.0 Å². The number of rotatable bonds is 4. The van der Waals surface area contributed by atoms with Crippen molar-refractivity contribution < 1.29 is 9.84 Å². The van der Waals surface area contributed by atoms with Crippen molar-refractivity contribution in [2.45, 2.75) is 30.5 Å². The number of hydrogen-bond acceptors (Lipinski definition) is 4. The lowest BCUT2D eigenvalue weighted by molar-refractivity contribution is 0.0374. The molecule has 0 saturated carbocycles. The molecule has 1 saturated heterocycles. The van der Waals surface area contributed by atoms with Gasteiger partial charge in [0, 0.05) is 37.2 Å². The molecule has 1 rings (SSSR count). The van der Waals surface area contributed by atoms with Crippen molar-refractivity contribution in [2.75, 3.05) is 33.4 Å². The molecule has 3 atom stereocenters. The Kier molecular flexibility index (Phi) is 5.23. The summed E-state index contributed by atoms with van der Waals surface area (Å²) in [5.41, 5.74) is 0. The van der Waals surface area contributed by atoms with Gasteiger partial charge in [0.2, 0.25) is 0 Å². The van der Waals surface area contributed by atoms with Gasteiger partial charge in [0.15, 0.2) is 0 Å². The molecule has 1 N–H and O–H groups in total. The van der Waals surface area contributed by atoms with E-state index in [-0.39, 0.29) is 6.10 Å². The van der Waals surface area contributed by atoms with Gasteiger partial charge in [-0.2, -0.15) is 11.8 Å². The van der Waals surface area contributed by atoms with Crippen molar-refractivity contribution in [3.05, 3.63) is 0 Å². The summed E-state index contributed by atoms with van der Waals surface area (Å²) in [4.78, 5) is 2.33. The number of thioether (sulfide) groups is 1. The van der Waals surface area contributed by atoms with E-state index in [0.29, 0.717) is 17.1 Å². The van der Waals surface area contributed by atoms with Crippen molar-refractivity contribution >= 4 is 11.8 Å². The average molecular weight is 219 g/mol. The van der Waals surface area contributed by atoms with Crippen LogP contribution in [0.4, 0.5) is 0 Å². The van der Waals surface area contributed by atoms with Gasteiger partial charge in [-0.15, -0.1) is 0 Å². The normalized spacial score (nSPS) is 31.7. The van der Waals surface area contributed by atoms with Crippen molar-refractivity contribution in [1.29, 1.82) is 0 Å². The number of aliphatic hydroxyl groups is 1. The summed E-state index contributed by atoms with van der Waals surface area (Å²) in [6, 6.07) is 0. The van der Waals surface area contributed by atoms with Gasteiger partial charge in [-0.05, 0) is 0 Å². The maximum Gasteiger partial charge on any atom is 0.0900 e. The third-order valence-corrected chi connectivity index (χ3v) is 3.55. The van der Waals surface area contributed by atoms with Crippen LogP contribution in [-0.2, 0) is 4.74 Å². The van der Waals surface area contributed by atoms with Gasteiger partial charge in [-0.3, -0.25) is 4.90 Å². The summed E-state index contributed by atoms with van der Waals surface area (Å²) in [6.45, 7) is 7.83. The first-order valence-electron chi connectivity index (χ1n) is 5.16. The number of aliphatic hydroxyl groups excluding tert-OH is 1. The van der Waals surface area contributed by atoms with Crippen LogP contribution in [0, 0.1) is 0 Å². The summed E-state index contributed by atoms with van der Waals surface area (Å²) in [6.07, 6.45) is -0.345. The molecule has 1 heterocycles. The summed E-state index contributed by atoms with van der Waals surface area (Å²) < 4.78 is 4.92. The second kappa shape index (κ2) is 5.95. The van der Waals surface area contributed by atoms with E-state index in [9.17, 15) is 5.11 Å². The molecule has 4 heteroatoms. The zero-order valence-electron chi connectivity index (χ0n) is 9.27. The van der Waals surface area contributed by atoms with Gasteiger partial charge < -0.3 is 9.84 Å². The second-order valence-electron chi connectivity index (χ2n) is 4.09. The van der Waals surface area contributed by atoms with Gasteiger partial charge in [-0.25, -0.2) is 0 Å². The number of ether oxygens (including phenoxy) is 1. The van der Waals surface area contributed by atoms with Crippen molar-refractivity contribution in [1.82, 2.24) is 4.90 Å². The monoisotopic (exact) mass is 219 g/mol. The highest BCUT2D eigenvalue weighted by Crippen LogP contribution is 2.24. The van der Waals surface area contributed by atoms with Gasteiger partial charge in [-0.1, -0.05) is 13.8 Å². The molecule has 0 radical (unpaired) electrons. The molecule has 1 aliphatic rings. The molecule has 14 heavy (non-hydrogen) atoms. The SMILES string of the molecule is COCC(O)CN1CC(C)SC(C)C1. The lowest BCUT2D eigenvalue weighted by atomic mass is 10.3. The molecule has 0 amide bonds. The summed E-state index contributed by atoms with van der Waals surface area (Å²) in [5.74, 6) is 0. The fourth-order valence-electron chi connectivity index (χ4n) is 1.98. The molecule has 3 unspecified atom stereocenters. The fraction of sp³-hybridized carbons (Fsp3) is 1.00. The minimum atomic E-state index is -0.345. The Balaban J connectivity index is 2.29. The van der Waals surface area contributed by atoms with E-state index in [1.54, 1.807) is 7.11 Å². The van der Waals surface area contributed by atoms with Gasteiger partial charge in [0.1, 0.15) is 0 Å². The predicted octanol–water partition coefficient (Wildman–Crippen LogP) is 0.820. The lowest BCUT2D eigenvalue weighted by Gasteiger charge is -2.35. The molecular formula is C10H21NO2S. The molecule has 0 bridgehead atoms. The highest BCUT2D eigenvalue weighted by atomic mass is 32.2. The van der Waals surface area contributed by atoms with E-state index in [2.05, 4.69) is 18.7 Å². The fourth-order valence-corrected chi connectivity index (χ4v) is 3.36. The molecule has 84 valence electrons. The Morgan fingerprint density at radius 3 is 2.50 bits per heavy atom. The van der Waals surface area contributed by atoms with Crippen molar-refractivity contribution in [3.8, 4) is 0 Å². The van der Waals surface area contributed by atoms with Crippen LogP contribution in [0.3, 0.4) is 0 Å². The highest BCUT2D eigenvalue weighted by molar-refractivity contribution is 8.00. The first-order chi connectivity index (χ1) is 6.61. The molecule has 3 nitrogen and oxygen atoms in total. The number of hydrogen-bond donors (Lipinski definition) is 1. The van der Waals surface area contributed by atoms with E-state index in [1.165, 1.54) is 0 Å². The standard InChI is InChI=1S/C10H21NO2S/c1-8-4-11(5-9(2)14-8)6-10(12)7-13-3/h8-10,12H,4-7H2,1-3H3. The Morgan fingerprint density at radius 2 is 2.00 bits per heavy atom. The average Bonchev–Trinajstić information content (AvgIpc) is 2.01. The van der Waals surface area contributed by atoms with E-state index < -0.39 is 0 Å². The maximum absolute atomic E-state index is 9.60. The number of nitrogens with zero attached hydrogens (tertiary/aromatic N) is 1. The Hall–Kier alpha value is 0.230. The third kappa shape index (κ3) is 4.17. The molecule has 1 fully saturated rings. The van der Waals surface area contributed by atoms with Crippen LogP contribution < -0.4 is 0 Å². The summed E-state index contributed by atoms with van der Waals surface area (Å²) in [5, 5.41) is 10.9. The Bertz CT molecular complexity index is 158. The summed E-state index contributed by atoms with van der Waals surface area (Å²) >= 11 is 2.03. The quantitative estimate of drug-likeness (QED) is 0.759. The topological polar surface area (TPSA) is 32.7 Å². The summed E-state index contributed by atoms with van der Waals surface area (Å²) in [7, 11) is 1.63. The largest absolute Gasteiger partial charge is 0.389 e. The van der Waals surface area contributed by atoms with Gasteiger partial charge in [0.25, 0.3) is 0 Å². The van der Waals surface area contributed by atoms with E-state index in [4.69, 9.17) is 4.74 Å². The predicted molar refractivity (Wildman–Crippen MR) is 60.8 cm³/mol. The van der Waals surface area contributed by atoms with Crippen LogP contribution in [0.5, 0.6) is 0 Å². The molecule has 0 aliphatic carbocycles. The minimum absolute atomic E-state index is 0.345.